The van der Waals surface area contributed by atoms with Crippen LogP contribution in [0.15, 0.2) is 47.3 Å². The predicted octanol–water partition coefficient (Wildman–Crippen LogP) is 3.23. The maximum Gasteiger partial charge on any atom is 0.262 e. The van der Waals surface area contributed by atoms with E-state index in [0.717, 1.165) is 29.7 Å². The van der Waals surface area contributed by atoms with E-state index in [4.69, 9.17) is 0 Å². The average molecular weight is 373 g/mol. The molecule has 4 aromatic rings. The Bertz CT molecular complexity index is 1270. The summed E-state index contributed by atoms with van der Waals surface area (Å²) in [5, 5.41) is 9.53. The SMILES string of the molecule is Cc1ccc2c(c1)c(=O)n(C)c1nnc(CN3c4ccccc4CCC3C)n21. The molecule has 0 aliphatic carbocycles. The fourth-order valence-corrected chi connectivity index (χ4v) is 4.31. The maximum absolute atomic E-state index is 12.8. The summed E-state index contributed by atoms with van der Waals surface area (Å²) in [7, 11) is 1.76. The van der Waals surface area contributed by atoms with Gasteiger partial charge in [-0.05, 0) is 50.5 Å². The molecule has 0 spiro atoms. The zero-order chi connectivity index (χ0) is 19.4. The number of benzene rings is 2. The van der Waals surface area contributed by atoms with Gasteiger partial charge >= 0.3 is 0 Å². The molecule has 5 rings (SSSR count). The molecule has 1 atom stereocenters. The minimum Gasteiger partial charge on any atom is -0.361 e. The lowest BCUT2D eigenvalue weighted by Crippen LogP contribution is -2.37. The van der Waals surface area contributed by atoms with Gasteiger partial charge in [0.15, 0.2) is 5.82 Å². The number of aromatic nitrogens is 4. The van der Waals surface area contributed by atoms with Crippen molar-refractivity contribution >= 4 is 22.4 Å². The molecular formula is C22H23N5O. The second-order valence-electron chi connectivity index (χ2n) is 7.78. The van der Waals surface area contributed by atoms with E-state index in [1.165, 1.54) is 11.3 Å². The Balaban J connectivity index is 1.71. The first-order valence-electron chi connectivity index (χ1n) is 9.72. The van der Waals surface area contributed by atoms with Crippen LogP contribution in [0.4, 0.5) is 5.69 Å². The van der Waals surface area contributed by atoms with Crippen LogP contribution in [0.3, 0.4) is 0 Å². The van der Waals surface area contributed by atoms with Crippen LogP contribution in [-0.2, 0) is 20.0 Å². The number of anilines is 1. The normalized spacial score (nSPS) is 16.7. The lowest BCUT2D eigenvalue weighted by atomic mass is 9.96. The van der Waals surface area contributed by atoms with Crippen LogP contribution in [0, 0.1) is 6.92 Å². The summed E-state index contributed by atoms with van der Waals surface area (Å²) in [5.41, 5.74) is 4.53. The third-order valence-corrected chi connectivity index (χ3v) is 5.92. The molecule has 1 aliphatic rings. The third-order valence-electron chi connectivity index (χ3n) is 5.92. The number of hydrogen-bond donors (Lipinski definition) is 0. The highest BCUT2D eigenvalue weighted by atomic mass is 16.1. The molecule has 2 aromatic heterocycles. The molecule has 6 heteroatoms. The molecule has 0 bridgehead atoms. The summed E-state index contributed by atoms with van der Waals surface area (Å²) in [5.74, 6) is 1.43. The molecule has 3 heterocycles. The number of fused-ring (bicyclic) bond motifs is 4. The van der Waals surface area contributed by atoms with Gasteiger partial charge in [-0.2, -0.15) is 0 Å². The van der Waals surface area contributed by atoms with Gasteiger partial charge < -0.3 is 4.90 Å². The summed E-state index contributed by atoms with van der Waals surface area (Å²) >= 11 is 0. The standard InChI is InChI=1S/C22H23N5O/c1-14-8-11-19-17(12-14)21(28)25(3)22-24-23-20(27(19)22)13-26-15(2)9-10-16-6-4-5-7-18(16)26/h4-8,11-12,15H,9-10,13H2,1-3H3. The summed E-state index contributed by atoms with van der Waals surface area (Å²) in [6.45, 7) is 4.92. The van der Waals surface area contributed by atoms with Gasteiger partial charge in [0.2, 0.25) is 5.78 Å². The molecule has 0 fully saturated rings. The van der Waals surface area contributed by atoms with Gasteiger partial charge in [-0.3, -0.25) is 13.8 Å². The van der Waals surface area contributed by atoms with E-state index < -0.39 is 0 Å². The van der Waals surface area contributed by atoms with Gasteiger partial charge in [-0.15, -0.1) is 10.2 Å². The van der Waals surface area contributed by atoms with Gasteiger partial charge in [0.1, 0.15) is 0 Å². The molecule has 2 aromatic carbocycles. The van der Waals surface area contributed by atoms with Crippen molar-refractivity contribution in [1.82, 2.24) is 19.2 Å². The highest BCUT2D eigenvalue weighted by Gasteiger charge is 2.25. The Hall–Kier alpha value is -3.15. The number of rotatable bonds is 2. The van der Waals surface area contributed by atoms with Crippen LogP contribution in [-0.4, -0.2) is 25.2 Å². The number of nitrogens with zero attached hydrogens (tertiary/aromatic N) is 5. The van der Waals surface area contributed by atoms with E-state index in [0.29, 0.717) is 23.8 Å². The Morgan fingerprint density at radius 3 is 2.82 bits per heavy atom. The second kappa shape index (κ2) is 6.19. The monoisotopic (exact) mass is 373 g/mol. The van der Waals surface area contributed by atoms with Gasteiger partial charge in [-0.1, -0.05) is 29.8 Å². The Morgan fingerprint density at radius 1 is 1.14 bits per heavy atom. The zero-order valence-corrected chi connectivity index (χ0v) is 16.4. The van der Waals surface area contributed by atoms with Gasteiger partial charge in [0.05, 0.1) is 17.4 Å². The molecular weight excluding hydrogens is 350 g/mol. The molecule has 28 heavy (non-hydrogen) atoms. The Labute approximate surface area is 163 Å². The quantitative estimate of drug-likeness (QED) is 0.541. The van der Waals surface area contributed by atoms with Crippen LogP contribution in [0.5, 0.6) is 0 Å². The number of aryl methyl sites for hydroxylation is 3. The third kappa shape index (κ3) is 2.44. The fraction of sp³-hybridized carbons (Fsp3) is 0.318. The van der Waals surface area contributed by atoms with Crippen LogP contribution in [0.1, 0.15) is 30.3 Å². The van der Waals surface area contributed by atoms with E-state index in [1.54, 1.807) is 11.6 Å². The first kappa shape index (κ1) is 17.0. The lowest BCUT2D eigenvalue weighted by molar-refractivity contribution is 0.551. The van der Waals surface area contributed by atoms with Gasteiger partial charge in [0.25, 0.3) is 5.56 Å². The van der Waals surface area contributed by atoms with Gasteiger partial charge in [0, 0.05) is 18.8 Å². The smallest absolute Gasteiger partial charge is 0.262 e. The molecule has 1 aliphatic heterocycles. The van der Waals surface area contributed by atoms with E-state index in [1.807, 2.05) is 29.5 Å². The van der Waals surface area contributed by atoms with Crippen molar-refractivity contribution < 1.29 is 0 Å². The van der Waals surface area contributed by atoms with Crippen molar-refractivity contribution in [3.05, 3.63) is 69.8 Å². The Morgan fingerprint density at radius 2 is 1.96 bits per heavy atom. The van der Waals surface area contributed by atoms with Crippen molar-refractivity contribution in [2.24, 2.45) is 7.05 Å². The molecule has 6 nitrogen and oxygen atoms in total. The maximum atomic E-state index is 12.8. The Kier molecular flexibility index (Phi) is 3.75. The minimum atomic E-state index is -0.0400. The molecule has 0 saturated carbocycles. The lowest BCUT2D eigenvalue weighted by Gasteiger charge is -2.36. The molecule has 1 unspecified atom stereocenters. The summed E-state index contributed by atoms with van der Waals surface area (Å²) in [4.78, 5) is 15.2. The average Bonchev–Trinajstić information content (AvgIpc) is 3.12. The van der Waals surface area contributed by atoms with Crippen molar-refractivity contribution in [2.45, 2.75) is 39.3 Å². The predicted molar refractivity (Wildman–Crippen MR) is 111 cm³/mol. The summed E-state index contributed by atoms with van der Waals surface area (Å²) < 4.78 is 3.62. The molecule has 0 saturated heterocycles. The van der Waals surface area contributed by atoms with Crippen molar-refractivity contribution in [3.63, 3.8) is 0 Å². The number of hydrogen-bond acceptors (Lipinski definition) is 4. The fourth-order valence-electron chi connectivity index (χ4n) is 4.31. The topological polar surface area (TPSA) is 55.4 Å². The highest BCUT2D eigenvalue weighted by molar-refractivity contribution is 5.81. The van der Waals surface area contributed by atoms with Crippen LogP contribution < -0.4 is 10.5 Å². The van der Waals surface area contributed by atoms with E-state index >= 15 is 0 Å². The van der Waals surface area contributed by atoms with E-state index in [2.05, 4.69) is 46.3 Å². The molecule has 0 amide bonds. The van der Waals surface area contributed by atoms with Crippen molar-refractivity contribution in [1.29, 1.82) is 0 Å². The number of para-hydroxylation sites is 1. The van der Waals surface area contributed by atoms with E-state index in [9.17, 15) is 4.79 Å². The highest BCUT2D eigenvalue weighted by Crippen LogP contribution is 2.31. The summed E-state index contributed by atoms with van der Waals surface area (Å²) in [6, 6.07) is 15.0. The first-order chi connectivity index (χ1) is 13.5. The van der Waals surface area contributed by atoms with Crippen molar-refractivity contribution in [3.8, 4) is 0 Å². The zero-order valence-electron chi connectivity index (χ0n) is 16.4. The van der Waals surface area contributed by atoms with Gasteiger partial charge in [-0.25, -0.2) is 0 Å². The van der Waals surface area contributed by atoms with E-state index in [-0.39, 0.29) is 5.56 Å². The largest absolute Gasteiger partial charge is 0.361 e. The van der Waals surface area contributed by atoms with Crippen LogP contribution >= 0.6 is 0 Å². The van der Waals surface area contributed by atoms with Crippen LogP contribution in [0.25, 0.3) is 16.7 Å². The first-order valence-corrected chi connectivity index (χ1v) is 9.72. The molecule has 142 valence electrons. The van der Waals surface area contributed by atoms with Crippen LogP contribution in [0.2, 0.25) is 0 Å². The molecule has 0 radical (unpaired) electrons. The van der Waals surface area contributed by atoms with Crippen molar-refractivity contribution in [2.75, 3.05) is 4.90 Å². The minimum absolute atomic E-state index is 0.0400. The second-order valence-corrected chi connectivity index (χ2v) is 7.78. The molecule has 0 N–H and O–H groups in total. The summed E-state index contributed by atoms with van der Waals surface area (Å²) in [6.07, 6.45) is 2.22.